The summed E-state index contributed by atoms with van der Waals surface area (Å²) >= 11 is 0. The van der Waals surface area contributed by atoms with Crippen LogP contribution in [0.5, 0.6) is 11.5 Å². The molecule has 2 atom stereocenters. The lowest BCUT2D eigenvalue weighted by atomic mass is 10.0. The highest BCUT2D eigenvalue weighted by molar-refractivity contribution is 5.92. The van der Waals surface area contributed by atoms with E-state index in [2.05, 4.69) is 31.4 Å². The number of rotatable bonds is 8. The number of anilines is 1. The number of nitrogens with one attached hydrogen (secondary N) is 2. The molecule has 0 spiro atoms. The Kier molecular flexibility index (Phi) is 7.18. The second-order valence-electron chi connectivity index (χ2n) is 5.92. The Balaban J connectivity index is 2.64. The zero-order valence-electron chi connectivity index (χ0n) is 14.4. The molecular formula is C17H28N2O3. The van der Waals surface area contributed by atoms with Crippen LogP contribution in [0.3, 0.4) is 0 Å². The summed E-state index contributed by atoms with van der Waals surface area (Å²) in [6.07, 6.45) is 0.400. The Bertz CT molecular complexity index is 489. The first-order valence-corrected chi connectivity index (χ1v) is 7.65. The first-order valence-electron chi connectivity index (χ1n) is 7.65. The number of amides is 1. The molecular weight excluding hydrogens is 280 g/mol. The summed E-state index contributed by atoms with van der Waals surface area (Å²) < 4.78 is 10.4. The highest BCUT2D eigenvalue weighted by Crippen LogP contribution is 2.29. The van der Waals surface area contributed by atoms with Gasteiger partial charge in [-0.3, -0.25) is 4.79 Å². The summed E-state index contributed by atoms with van der Waals surface area (Å²) in [4.78, 5) is 12.2. The van der Waals surface area contributed by atoms with E-state index in [0.29, 0.717) is 35.6 Å². The van der Waals surface area contributed by atoms with Crippen molar-refractivity contribution in [2.75, 3.05) is 19.5 Å². The molecule has 1 aromatic carbocycles. The topological polar surface area (TPSA) is 59.6 Å². The number of carbonyl (C=O) groups is 1. The van der Waals surface area contributed by atoms with Crippen LogP contribution in [0.15, 0.2) is 18.2 Å². The molecule has 0 heterocycles. The van der Waals surface area contributed by atoms with Crippen molar-refractivity contribution >= 4 is 11.6 Å². The van der Waals surface area contributed by atoms with Gasteiger partial charge in [0.05, 0.1) is 19.9 Å². The maximum absolute atomic E-state index is 12.2. The summed E-state index contributed by atoms with van der Waals surface area (Å²) in [6.45, 7) is 8.46. The number of benzene rings is 1. The van der Waals surface area contributed by atoms with Gasteiger partial charge < -0.3 is 20.1 Å². The SMILES string of the molecule is COc1ccc(OC)c(NC(=O)CC(C)NC(C)C(C)C)c1. The van der Waals surface area contributed by atoms with Gasteiger partial charge >= 0.3 is 0 Å². The van der Waals surface area contributed by atoms with Crippen molar-refractivity contribution in [3.8, 4) is 11.5 Å². The third-order valence-electron chi connectivity index (χ3n) is 3.72. The van der Waals surface area contributed by atoms with Crippen molar-refractivity contribution in [2.24, 2.45) is 5.92 Å². The molecule has 0 aromatic heterocycles. The molecule has 0 bridgehead atoms. The maximum atomic E-state index is 12.2. The molecule has 5 heteroatoms. The maximum Gasteiger partial charge on any atom is 0.226 e. The highest BCUT2D eigenvalue weighted by atomic mass is 16.5. The molecule has 0 radical (unpaired) electrons. The minimum Gasteiger partial charge on any atom is -0.497 e. The Morgan fingerprint density at radius 3 is 2.36 bits per heavy atom. The molecule has 1 aromatic rings. The van der Waals surface area contributed by atoms with Crippen molar-refractivity contribution in [3.05, 3.63) is 18.2 Å². The summed E-state index contributed by atoms with van der Waals surface area (Å²) in [5.74, 6) is 1.77. The summed E-state index contributed by atoms with van der Waals surface area (Å²) in [5.41, 5.74) is 0.621. The Hall–Kier alpha value is -1.75. The molecule has 0 saturated heterocycles. The van der Waals surface area contributed by atoms with Gasteiger partial charge in [0.15, 0.2) is 0 Å². The fourth-order valence-electron chi connectivity index (χ4n) is 2.09. The van der Waals surface area contributed by atoms with Gasteiger partial charge in [-0.05, 0) is 31.9 Å². The molecule has 5 nitrogen and oxygen atoms in total. The first-order chi connectivity index (χ1) is 10.4. The van der Waals surface area contributed by atoms with Crippen LogP contribution in [0.4, 0.5) is 5.69 Å². The summed E-state index contributed by atoms with van der Waals surface area (Å²) in [5, 5.41) is 6.32. The van der Waals surface area contributed by atoms with E-state index < -0.39 is 0 Å². The molecule has 22 heavy (non-hydrogen) atoms. The lowest BCUT2D eigenvalue weighted by molar-refractivity contribution is -0.116. The van der Waals surface area contributed by atoms with E-state index in [0.717, 1.165) is 0 Å². The van der Waals surface area contributed by atoms with Crippen LogP contribution < -0.4 is 20.1 Å². The third-order valence-corrected chi connectivity index (χ3v) is 3.72. The Morgan fingerprint density at radius 1 is 1.14 bits per heavy atom. The predicted molar refractivity (Wildman–Crippen MR) is 89.7 cm³/mol. The molecule has 2 N–H and O–H groups in total. The Labute approximate surface area is 133 Å². The van der Waals surface area contributed by atoms with E-state index in [-0.39, 0.29) is 11.9 Å². The van der Waals surface area contributed by atoms with E-state index in [1.54, 1.807) is 32.4 Å². The van der Waals surface area contributed by atoms with Crippen molar-refractivity contribution in [1.82, 2.24) is 5.32 Å². The monoisotopic (exact) mass is 308 g/mol. The van der Waals surface area contributed by atoms with Crippen molar-refractivity contribution in [3.63, 3.8) is 0 Å². The number of methoxy groups -OCH3 is 2. The zero-order valence-corrected chi connectivity index (χ0v) is 14.4. The zero-order chi connectivity index (χ0) is 16.7. The largest absolute Gasteiger partial charge is 0.497 e. The minimum atomic E-state index is -0.0532. The normalized spacial score (nSPS) is 13.6. The highest BCUT2D eigenvalue weighted by Gasteiger charge is 2.15. The number of carbonyl (C=O) groups excluding carboxylic acids is 1. The third kappa shape index (κ3) is 5.56. The first kappa shape index (κ1) is 18.3. The quantitative estimate of drug-likeness (QED) is 0.775. The number of hydrogen-bond donors (Lipinski definition) is 2. The summed E-state index contributed by atoms with van der Waals surface area (Å²) in [6, 6.07) is 5.80. The average Bonchev–Trinajstić information content (AvgIpc) is 2.46. The van der Waals surface area contributed by atoms with Crippen LogP contribution in [0, 0.1) is 5.92 Å². The number of ether oxygens (including phenoxy) is 2. The molecule has 0 aliphatic rings. The van der Waals surface area contributed by atoms with Crippen molar-refractivity contribution in [1.29, 1.82) is 0 Å². The van der Waals surface area contributed by atoms with Crippen LogP contribution in [-0.4, -0.2) is 32.2 Å². The second-order valence-corrected chi connectivity index (χ2v) is 5.92. The second kappa shape index (κ2) is 8.63. The molecule has 124 valence electrons. The van der Waals surface area contributed by atoms with E-state index in [4.69, 9.17) is 9.47 Å². The Morgan fingerprint density at radius 2 is 1.82 bits per heavy atom. The van der Waals surface area contributed by atoms with Gasteiger partial charge in [0.2, 0.25) is 5.91 Å². The molecule has 1 amide bonds. The van der Waals surface area contributed by atoms with Crippen LogP contribution in [0.25, 0.3) is 0 Å². The van der Waals surface area contributed by atoms with Gasteiger partial charge in [0.1, 0.15) is 11.5 Å². The standard InChI is InChI=1S/C17H28N2O3/c1-11(2)13(4)18-12(3)9-17(20)19-15-10-14(21-5)7-8-16(15)22-6/h7-8,10-13,18H,9H2,1-6H3,(H,19,20). The fourth-order valence-corrected chi connectivity index (χ4v) is 2.09. The molecule has 0 saturated carbocycles. The lowest BCUT2D eigenvalue weighted by Gasteiger charge is -2.22. The van der Waals surface area contributed by atoms with E-state index in [1.807, 2.05) is 6.92 Å². The van der Waals surface area contributed by atoms with Gasteiger partial charge in [-0.1, -0.05) is 13.8 Å². The molecule has 0 aliphatic carbocycles. The van der Waals surface area contributed by atoms with Gasteiger partial charge in [-0.25, -0.2) is 0 Å². The van der Waals surface area contributed by atoms with E-state index in [1.165, 1.54) is 0 Å². The molecule has 2 unspecified atom stereocenters. The van der Waals surface area contributed by atoms with Crippen molar-refractivity contribution < 1.29 is 14.3 Å². The van der Waals surface area contributed by atoms with Crippen LogP contribution >= 0.6 is 0 Å². The van der Waals surface area contributed by atoms with Crippen molar-refractivity contribution in [2.45, 2.75) is 46.2 Å². The number of hydrogen-bond acceptors (Lipinski definition) is 4. The summed E-state index contributed by atoms with van der Waals surface area (Å²) in [7, 11) is 3.17. The van der Waals surface area contributed by atoms with E-state index in [9.17, 15) is 4.79 Å². The predicted octanol–water partition coefficient (Wildman–Crippen LogP) is 3.06. The molecule has 0 aliphatic heterocycles. The van der Waals surface area contributed by atoms with Gasteiger partial charge in [0, 0.05) is 24.6 Å². The molecule has 1 rings (SSSR count). The average molecular weight is 308 g/mol. The fraction of sp³-hybridized carbons (Fsp3) is 0.588. The lowest BCUT2D eigenvalue weighted by Crippen LogP contribution is -2.39. The van der Waals surface area contributed by atoms with Crippen LogP contribution in [0.1, 0.15) is 34.1 Å². The molecule has 0 fully saturated rings. The minimum absolute atomic E-state index is 0.0532. The van der Waals surface area contributed by atoms with Gasteiger partial charge in [0.25, 0.3) is 0 Å². The van der Waals surface area contributed by atoms with Crippen LogP contribution in [0.2, 0.25) is 0 Å². The van der Waals surface area contributed by atoms with E-state index >= 15 is 0 Å². The van der Waals surface area contributed by atoms with Gasteiger partial charge in [-0.15, -0.1) is 0 Å². The van der Waals surface area contributed by atoms with Crippen LogP contribution in [-0.2, 0) is 4.79 Å². The smallest absolute Gasteiger partial charge is 0.226 e. The van der Waals surface area contributed by atoms with Gasteiger partial charge in [-0.2, -0.15) is 0 Å².